The van der Waals surface area contributed by atoms with E-state index in [9.17, 15) is 4.39 Å². The molecule has 2 aromatic rings. The first kappa shape index (κ1) is 14.7. The third kappa shape index (κ3) is 2.75. The lowest BCUT2D eigenvalue weighted by Gasteiger charge is -2.18. The van der Waals surface area contributed by atoms with Crippen molar-refractivity contribution >= 4 is 0 Å². The van der Waals surface area contributed by atoms with Gasteiger partial charge < -0.3 is 5.32 Å². The van der Waals surface area contributed by atoms with Gasteiger partial charge in [0, 0.05) is 24.3 Å². The summed E-state index contributed by atoms with van der Waals surface area (Å²) in [4.78, 5) is 0. The summed E-state index contributed by atoms with van der Waals surface area (Å²) in [5, 5.41) is 7.83. The molecule has 1 aromatic carbocycles. The molecule has 0 spiro atoms. The van der Waals surface area contributed by atoms with Gasteiger partial charge in [0.1, 0.15) is 5.82 Å². The highest BCUT2D eigenvalue weighted by Crippen LogP contribution is 2.25. The van der Waals surface area contributed by atoms with Crippen LogP contribution in [0, 0.1) is 26.6 Å². The van der Waals surface area contributed by atoms with Crippen molar-refractivity contribution in [1.82, 2.24) is 15.1 Å². The minimum absolute atomic E-state index is 0.180. The second-order valence-electron chi connectivity index (χ2n) is 5.32. The van der Waals surface area contributed by atoms with Crippen LogP contribution in [-0.4, -0.2) is 16.8 Å². The molecule has 0 aliphatic rings. The number of hydrogen-bond acceptors (Lipinski definition) is 2. The van der Waals surface area contributed by atoms with Gasteiger partial charge >= 0.3 is 0 Å². The van der Waals surface area contributed by atoms with E-state index in [1.165, 1.54) is 17.3 Å². The molecule has 0 fully saturated rings. The molecule has 0 radical (unpaired) electrons. The van der Waals surface area contributed by atoms with Crippen molar-refractivity contribution in [3.05, 3.63) is 52.1 Å². The number of likely N-dealkylation sites (N-methyl/N-ethyl adjacent to an activating group) is 1. The molecule has 0 saturated carbocycles. The molecule has 3 nitrogen and oxygen atoms in total. The third-order valence-electron chi connectivity index (χ3n) is 3.99. The maximum absolute atomic E-state index is 13.2. The van der Waals surface area contributed by atoms with Crippen molar-refractivity contribution in [2.75, 3.05) is 7.05 Å². The molecule has 0 saturated heterocycles. The Morgan fingerprint density at radius 3 is 2.50 bits per heavy atom. The van der Waals surface area contributed by atoms with Crippen LogP contribution in [0.4, 0.5) is 4.39 Å². The van der Waals surface area contributed by atoms with Crippen molar-refractivity contribution in [2.45, 2.75) is 33.2 Å². The van der Waals surface area contributed by atoms with E-state index in [4.69, 9.17) is 0 Å². The minimum Gasteiger partial charge on any atom is -0.313 e. The van der Waals surface area contributed by atoms with Crippen LogP contribution in [0.15, 0.2) is 18.2 Å². The Balaban J connectivity index is 2.33. The largest absolute Gasteiger partial charge is 0.313 e. The number of aryl methyl sites for hydroxylation is 3. The predicted molar refractivity (Wildman–Crippen MR) is 79.3 cm³/mol. The van der Waals surface area contributed by atoms with Gasteiger partial charge in [0.2, 0.25) is 0 Å². The molecule has 108 valence electrons. The zero-order valence-corrected chi connectivity index (χ0v) is 12.8. The SMILES string of the molecule is CNC(Cc1ccc(F)cc1C)c1c(C)nn(C)c1C. The monoisotopic (exact) mass is 275 g/mol. The summed E-state index contributed by atoms with van der Waals surface area (Å²) in [6.45, 7) is 6.06. The molecule has 0 bridgehead atoms. The lowest BCUT2D eigenvalue weighted by Crippen LogP contribution is -2.20. The van der Waals surface area contributed by atoms with Crippen LogP contribution in [0.5, 0.6) is 0 Å². The Hall–Kier alpha value is -1.68. The summed E-state index contributed by atoms with van der Waals surface area (Å²) in [6.07, 6.45) is 0.829. The second kappa shape index (κ2) is 5.75. The molecule has 20 heavy (non-hydrogen) atoms. The van der Waals surface area contributed by atoms with Gasteiger partial charge in [-0.1, -0.05) is 6.07 Å². The van der Waals surface area contributed by atoms with Gasteiger partial charge in [-0.3, -0.25) is 4.68 Å². The first-order valence-electron chi connectivity index (χ1n) is 6.86. The standard InChI is InChI=1S/C16H22FN3/c1-10-8-14(17)7-6-13(10)9-15(18-4)16-11(2)19-20(5)12(16)3/h6-8,15,18H,9H2,1-5H3. The van der Waals surface area contributed by atoms with Crippen LogP contribution in [0.2, 0.25) is 0 Å². The Labute approximate surface area is 119 Å². The highest BCUT2D eigenvalue weighted by Gasteiger charge is 2.19. The Bertz CT molecular complexity index is 616. The van der Waals surface area contributed by atoms with Crippen molar-refractivity contribution in [1.29, 1.82) is 0 Å². The van der Waals surface area contributed by atoms with Crippen LogP contribution in [-0.2, 0) is 13.5 Å². The number of nitrogens with zero attached hydrogens (tertiary/aromatic N) is 2. The van der Waals surface area contributed by atoms with Crippen LogP contribution in [0.1, 0.15) is 34.1 Å². The van der Waals surface area contributed by atoms with E-state index in [1.54, 1.807) is 6.07 Å². The summed E-state index contributed by atoms with van der Waals surface area (Å²) in [5.41, 5.74) is 5.60. The molecular formula is C16H22FN3. The number of benzene rings is 1. The number of hydrogen-bond donors (Lipinski definition) is 1. The highest BCUT2D eigenvalue weighted by atomic mass is 19.1. The van der Waals surface area contributed by atoms with Crippen molar-refractivity contribution < 1.29 is 4.39 Å². The molecule has 2 rings (SSSR count). The van der Waals surface area contributed by atoms with E-state index in [-0.39, 0.29) is 11.9 Å². The number of nitrogens with one attached hydrogen (secondary N) is 1. The first-order valence-corrected chi connectivity index (χ1v) is 6.86. The average Bonchev–Trinajstić information content (AvgIpc) is 2.63. The van der Waals surface area contributed by atoms with E-state index in [1.807, 2.05) is 38.7 Å². The van der Waals surface area contributed by atoms with Gasteiger partial charge in [-0.25, -0.2) is 4.39 Å². The molecule has 1 atom stereocenters. The lowest BCUT2D eigenvalue weighted by molar-refractivity contribution is 0.580. The van der Waals surface area contributed by atoms with Crippen LogP contribution < -0.4 is 5.32 Å². The van der Waals surface area contributed by atoms with E-state index < -0.39 is 0 Å². The molecular weight excluding hydrogens is 253 g/mol. The van der Waals surface area contributed by atoms with Gasteiger partial charge in [0.25, 0.3) is 0 Å². The number of aromatic nitrogens is 2. The fourth-order valence-corrected chi connectivity index (χ4v) is 2.75. The van der Waals surface area contributed by atoms with Gasteiger partial charge in [0.15, 0.2) is 0 Å². The summed E-state index contributed by atoms with van der Waals surface area (Å²) in [6, 6.07) is 5.17. The normalized spacial score (nSPS) is 12.7. The Kier molecular flexibility index (Phi) is 4.23. The quantitative estimate of drug-likeness (QED) is 0.929. The van der Waals surface area contributed by atoms with E-state index in [2.05, 4.69) is 17.3 Å². The molecule has 1 N–H and O–H groups in total. The fourth-order valence-electron chi connectivity index (χ4n) is 2.75. The molecule has 1 unspecified atom stereocenters. The van der Waals surface area contributed by atoms with Crippen molar-refractivity contribution in [3.63, 3.8) is 0 Å². The van der Waals surface area contributed by atoms with Gasteiger partial charge in [-0.05, 0) is 57.5 Å². The predicted octanol–water partition coefficient (Wildman–Crippen LogP) is 2.99. The minimum atomic E-state index is -0.180. The Morgan fingerprint density at radius 2 is 2.00 bits per heavy atom. The maximum atomic E-state index is 13.2. The zero-order chi connectivity index (χ0) is 14.9. The van der Waals surface area contributed by atoms with E-state index in [0.717, 1.165) is 23.2 Å². The molecule has 4 heteroatoms. The third-order valence-corrected chi connectivity index (χ3v) is 3.99. The summed E-state index contributed by atoms with van der Waals surface area (Å²) < 4.78 is 15.1. The van der Waals surface area contributed by atoms with Crippen LogP contribution in [0.25, 0.3) is 0 Å². The first-order chi connectivity index (χ1) is 9.43. The van der Waals surface area contributed by atoms with Gasteiger partial charge in [0.05, 0.1) is 5.69 Å². The van der Waals surface area contributed by atoms with Gasteiger partial charge in [-0.15, -0.1) is 0 Å². The lowest BCUT2D eigenvalue weighted by atomic mass is 9.95. The zero-order valence-electron chi connectivity index (χ0n) is 12.8. The molecule has 0 aliphatic carbocycles. The summed E-state index contributed by atoms with van der Waals surface area (Å²) >= 11 is 0. The van der Waals surface area contributed by atoms with E-state index in [0.29, 0.717) is 0 Å². The van der Waals surface area contributed by atoms with Crippen molar-refractivity contribution in [2.24, 2.45) is 7.05 Å². The molecule has 0 aliphatic heterocycles. The summed E-state index contributed by atoms with van der Waals surface area (Å²) in [5.74, 6) is -0.180. The molecule has 1 aromatic heterocycles. The maximum Gasteiger partial charge on any atom is 0.123 e. The van der Waals surface area contributed by atoms with Gasteiger partial charge in [-0.2, -0.15) is 5.10 Å². The van der Waals surface area contributed by atoms with E-state index >= 15 is 0 Å². The average molecular weight is 275 g/mol. The number of halogens is 1. The molecule has 1 heterocycles. The Morgan fingerprint density at radius 1 is 1.30 bits per heavy atom. The number of rotatable bonds is 4. The smallest absolute Gasteiger partial charge is 0.123 e. The molecule has 0 amide bonds. The topological polar surface area (TPSA) is 29.9 Å². The van der Waals surface area contributed by atoms with Crippen LogP contribution >= 0.6 is 0 Å². The summed E-state index contributed by atoms with van der Waals surface area (Å²) in [7, 11) is 3.91. The second-order valence-corrected chi connectivity index (χ2v) is 5.32. The highest BCUT2D eigenvalue weighted by molar-refractivity contribution is 5.33. The van der Waals surface area contributed by atoms with Crippen molar-refractivity contribution in [3.8, 4) is 0 Å². The van der Waals surface area contributed by atoms with Crippen LogP contribution in [0.3, 0.4) is 0 Å². The fraction of sp³-hybridized carbons (Fsp3) is 0.438.